The average molecular weight is 358 g/mol. The number of Topliss-reactive ketones (excluding diaryl/α,β-unsaturated/α-hetero) is 1. The Kier molecular flexibility index (Phi) is 3.71. The Morgan fingerprint density at radius 3 is 2.42 bits per heavy atom. The minimum absolute atomic E-state index is 0.233. The van der Waals surface area contributed by atoms with Gasteiger partial charge in [0.05, 0.1) is 24.3 Å². The van der Waals surface area contributed by atoms with Gasteiger partial charge in [0.2, 0.25) is 0 Å². The maximum absolute atomic E-state index is 13.5. The molecule has 3 heterocycles. The zero-order chi connectivity index (χ0) is 18.7. The highest BCUT2D eigenvalue weighted by Gasteiger charge is 2.65. The molecule has 0 saturated carbocycles. The lowest BCUT2D eigenvalue weighted by molar-refractivity contribution is -0.147. The number of ether oxygens (including phenoxy) is 2. The summed E-state index contributed by atoms with van der Waals surface area (Å²) in [5, 5.41) is 0. The number of pyridine rings is 1. The van der Waals surface area contributed by atoms with Gasteiger partial charge in [0, 0.05) is 19.3 Å². The first-order valence-electron chi connectivity index (χ1n) is 9.27. The largest absolute Gasteiger partial charge is 0.444 e. The van der Waals surface area contributed by atoms with Gasteiger partial charge in [-0.2, -0.15) is 0 Å². The van der Waals surface area contributed by atoms with E-state index in [1.165, 1.54) is 0 Å². The number of piperidine rings is 1. The summed E-state index contributed by atoms with van der Waals surface area (Å²) in [6, 6.07) is 1.98. The number of amides is 1. The molecule has 4 rings (SSSR count). The van der Waals surface area contributed by atoms with Crippen LogP contribution in [0.15, 0.2) is 12.3 Å². The molecule has 2 spiro atoms. The molecule has 0 N–H and O–H groups in total. The first kappa shape index (κ1) is 17.5. The highest BCUT2D eigenvalue weighted by Crippen LogP contribution is 2.54. The zero-order valence-corrected chi connectivity index (χ0v) is 15.9. The Bertz CT molecular complexity index is 769. The molecule has 6 heteroatoms. The number of rotatable bonds is 0. The van der Waals surface area contributed by atoms with Gasteiger partial charge in [0.15, 0.2) is 5.78 Å². The summed E-state index contributed by atoms with van der Waals surface area (Å²) >= 11 is 0. The molecule has 1 amide bonds. The number of carbonyl (C=O) groups excluding carboxylic acids is 2. The molecule has 0 bridgehead atoms. The number of ketones is 1. The van der Waals surface area contributed by atoms with Crippen molar-refractivity contribution in [3.63, 3.8) is 0 Å². The van der Waals surface area contributed by atoms with Crippen LogP contribution < -0.4 is 0 Å². The third kappa shape index (κ3) is 2.31. The van der Waals surface area contributed by atoms with Crippen LogP contribution in [0.3, 0.4) is 0 Å². The monoisotopic (exact) mass is 358 g/mol. The number of likely N-dealkylation sites (tertiary alicyclic amines) is 1. The van der Waals surface area contributed by atoms with Crippen molar-refractivity contribution in [3.05, 3.63) is 29.1 Å². The molecule has 1 aliphatic carbocycles. The van der Waals surface area contributed by atoms with Gasteiger partial charge in [-0.3, -0.25) is 9.78 Å². The van der Waals surface area contributed by atoms with Gasteiger partial charge >= 0.3 is 6.09 Å². The van der Waals surface area contributed by atoms with Crippen molar-refractivity contribution in [2.75, 3.05) is 26.3 Å². The van der Waals surface area contributed by atoms with E-state index in [4.69, 9.17) is 9.47 Å². The van der Waals surface area contributed by atoms with Crippen molar-refractivity contribution in [1.29, 1.82) is 0 Å². The van der Waals surface area contributed by atoms with Crippen molar-refractivity contribution in [3.8, 4) is 0 Å². The summed E-state index contributed by atoms with van der Waals surface area (Å²) in [6.07, 6.45) is 2.72. The van der Waals surface area contributed by atoms with Crippen LogP contribution in [0.25, 0.3) is 0 Å². The van der Waals surface area contributed by atoms with E-state index in [-0.39, 0.29) is 11.9 Å². The summed E-state index contributed by atoms with van der Waals surface area (Å²) < 4.78 is 10.9. The van der Waals surface area contributed by atoms with E-state index in [0.717, 1.165) is 16.8 Å². The summed E-state index contributed by atoms with van der Waals surface area (Å²) in [4.78, 5) is 32.2. The van der Waals surface area contributed by atoms with Gasteiger partial charge in [-0.15, -0.1) is 0 Å². The molecule has 0 atom stereocenters. The second-order valence-electron chi connectivity index (χ2n) is 8.80. The van der Waals surface area contributed by atoms with Crippen LogP contribution in [0.4, 0.5) is 4.79 Å². The van der Waals surface area contributed by atoms with Gasteiger partial charge in [0.25, 0.3) is 0 Å². The lowest BCUT2D eigenvalue weighted by atomic mass is 9.69. The molecule has 26 heavy (non-hydrogen) atoms. The summed E-state index contributed by atoms with van der Waals surface area (Å²) in [5.74, 6) is 0.233. The van der Waals surface area contributed by atoms with E-state index in [0.29, 0.717) is 39.1 Å². The highest BCUT2D eigenvalue weighted by atomic mass is 16.6. The second kappa shape index (κ2) is 5.52. The number of aromatic nitrogens is 1. The quantitative estimate of drug-likeness (QED) is 0.713. The number of carbonyl (C=O) groups is 2. The highest BCUT2D eigenvalue weighted by molar-refractivity contribution is 6.05. The third-order valence-electron chi connectivity index (χ3n) is 5.93. The summed E-state index contributed by atoms with van der Waals surface area (Å²) in [6.45, 7) is 9.53. The average Bonchev–Trinajstić information content (AvgIpc) is 2.73. The fourth-order valence-electron chi connectivity index (χ4n) is 4.65. The molecule has 0 unspecified atom stereocenters. The molecule has 2 saturated heterocycles. The first-order chi connectivity index (χ1) is 12.2. The molecular weight excluding hydrogens is 332 g/mol. The van der Waals surface area contributed by atoms with Crippen LogP contribution in [-0.4, -0.2) is 53.7 Å². The van der Waals surface area contributed by atoms with Crippen LogP contribution in [0.1, 0.15) is 50.4 Å². The van der Waals surface area contributed by atoms with Crippen LogP contribution in [0.2, 0.25) is 0 Å². The van der Waals surface area contributed by atoms with Crippen molar-refractivity contribution >= 4 is 11.9 Å². The molecule has 1 aromatic heterocycles. The Hall–Kier alpha value is -1.95. The van der Waals surface area contributed by atoms with E-state index in [2.05, 4.69) is 4.98 Å². The second-order valence-corrected chi connectivity index (χ2v) is 8.80. The van der Waals surface area contributed by atoms with Crippen molar-refractivity contribution in [2.45, 2.75) is 57.0 Å². The Balaban J connectivity index is 1.63. The zero-order valence-electron chi connectivity index (χ0n) is 15.9. The number of hydrogen-bond acceptors (Lipinski definition) is 5. The normalized spacial score (nSPS) is 23.1. The van der Waals surface area contributed by atoms with Gasteiger partial charge in [0.1, 0.15) is 11.0 Å². The molecule has 0 radical (unpaired) electrons. The molecule has 3 aliphatic rings. The van der Waals surface area contributed by atoms with E-state index in [1.807, 2.05) is 33.8 Å². The molecule has 1 aromatic rings. The standard InChI is InChI=1S/C20H26N2O4/c1-13-5-8-21-15-14(13)19(16(23)20(15)11-25-12-20)6-9-22(10-7-19)17(24)26-18(2,3)4/h5,8H,6-7,9-12H2,1-4H3. The number of aryl methyl sites for hydroxylation is 1. The van der Waals surface area contributed by atoms with Gasteiger partial charge in [-0.1, -0.05) is 0 Å². The minimum atomic E-state index is -0.574. The van der Waals surface area contributed by atoms with E-state index in [9.17, 15) is 9.59 Å². The van der Waals surface area contributed by atoms with Crippen molar-refractivity contribution < 1.29 is 19.1 Å². The van der Waals surface area contributed by atoms with Crippen LogP contribution in [-0.2, 0) is 25.1 Å². The van der Waals surface area contributed by atoms with Crippen LogP contribution >= 0.6 is 0 Å². The van der Waals surface area contributed by atoms with E-state index < -0.39 is 16.4 Å². The lowest BCUT2D eigenvalue weighted by Gasteiger charge is -2.42. The summed E-state index contributed by atoms with van der Waals surface area (Å²) in [7, 11) is 0. The van der Waals surface area contributed by atoms with E-state index >= 15 is 0 Å². The van der Waals surface area contributed by atoms with Crippen molar-refractivity contribution in [2.24, 2.45) is 0 Å². The third-order valence-corrected chi connectivity index (χ3v) is 5.93. The van der Waals surface area contributed by atoms with Crippen LogP contribution in [0, 0.1) is 6.92 Å². The van der Waals surface area contributed by atoms with E-state index in [1.54, 1.807) is 11.1 Å². The molecular formula is C20H26N2O4. The maximum Gasteiger partial charge on any atom is 0.410 e. The molecule has 2 fully saturated rings. The minimum Gasteiger partial charge on any atom is -0.444 e. The predicted octanol–water partition coefficient (Wildman–Crippen LogP) is 2.51. The number of fused-ring (bicyclic) bond motifs is 3. The van der Waals surface area contributed by atoms with Gasteiger partial charge in [-0.05, 0) is 57.7 Å². The maximum atomic E-state index is 13.5. The number of nitrogens with zero attached hydrogens (tertiary/aromatic N) is 2. The van der Waals surface area contributed by atoms with Gasteiger partial charge in [-0.25, -0.2) is 4.79 Å². The topological polar surface area (TPSA) is 68.7 Å². The molecule has 0 aromatic carbocycles. The molecule has 140 valence electrons. The Labute approximate surface area is 153 Å². The predicted molar refractivity (Wildman–Crippen MR) is 95.2 cm³/mol. The summed E-state index contributed by atoms with van der Waals surface area (Å²) in [5.41, 5.74) is 1.45. The number of hydrogen-bond donors (Lipinski definition) is 0. The molecule has 2 aliphatic heterocycles. The van der Waals surface area contributed by atoms with Gasteiger partial charge < -0.3 is 14.4 Å². The Morgan fingerprint density at radius 1 is 1.23 bits per heavy atom. The first-order valence-corrected chi connectivity index (χ1v) is 9.27. The fraction of sp³-hybridized carbons (Fsp3) is 0.650. The Morgan fingerprint density at radius 2 is 1.88 bits per heavy atom. The van der Waals surface area contributed by atoms with Crippen LogP contribution in [0.5, 0.6) is 0 Å². The lowest BCUT2D eigenvalue weighted by Crippen LogP contribution is -2.57. The smallest absolute Gasteiger partial charge is 0.410 e. The fourth-order valence-corrected chi connectivity index (χ4v) is 4.65. The SMILES string of the molecule is Cc1ccnc2c1C1(CCN(C(=O)OC(C)(C)C)CC1)C(=O)C21COC1. The van der Waals surface area contributed by atoms with Crippen molar-refractivity contribution in [1.82, 2.24) is 9.88 Å². The molecule has 6 nitrogen and oxygen atoms in total.